The molecule has 0 bridgehead atoms. The molecule has 3 aromatic rings. The third-order valence-corrected chi connectivity index (χ3v) is 3.61. The Bertz CT molecular complexity index is 887. The fourth-order valence-corrected chi connectivity index (χ4v) is 2.25. The minimum Gasteiger partial charge on any atom is -0.489 e. The van der Waals surface area contributed by atoms with E-state index < -0.39 is 5.97 Å². The molecule has 3 aromatic carbocycles. The molecule has 0 N–H and O–H groups in total. The monoisotopic (exact) mass is 348 g/mol. The summed E-state index contributed by atoms with van der Waals surface area (Å²) < 4.78 is 24.3. The first-order valence-corrected chi connectivity index (χ1v) is 8.12. The minimum absolute atomic E-state index is 0.158. The molecule has 3 rings (SSSR count). The molecule has 0 saturated carbocycles. The standard InChI is InChI=1S/C22H17FO3/c23-21-9-5-4-6-18(21)16-25-19-13-10-17(11-14-19)12-15-22(24)26-20-7-2-1-3-8-20/h1-15H,16H2. The number of hydrogen-bond acceptors (Lipinski definition) is 3. The van der Waals surface area contributed by atoms with Crippen LogP contribution in [0.25, 0.3) is 6.08 Å². The Hall–Kier alpha value is -3.40. The zero-order valence-electron chi connectivity index (χ0n) is 14.0. The molecule has 0 aromatic heterocycles. The number of para-hydroxylation sites is 1. The summed E-state index contributed by atoms with van der Waals surface area (Å²) in [5.74, 6) is 0.386. The average Bonchev–Trinajstić information content (AvgIpc) is 2.67. The Morgan fingerprint density at radius 3 is 2.27 bits per heavy atom. The molecule has 0 aliphatic carbocycles. The van der Waals surface area contributed by atoms with Gasteiger partial charge in [-0.2, -0.15) is 0 Å². The van der Waals surface area contributed by atoms with Crippen LogP contribution in [-0.4, -0.2) is 5.97 Å². The van der Waals surface area contributed by atoms with Crippen LogP contribution < -0.4 is 9.47 Å². The summed E-state index contributed by atoms with van der Waals surface area (Å²) in [7, 11) is 0. The first-order valence-electron chi connectivity index (χ1n) is 8.12. The molecule has 0 aliphatic rings. The fourth-order valence-electron chi connectivity index (χ4n) is 2.25. The highest BCUT2D eigenvalue weighted by Crippen LogP contribution is 2.16. The molecule has 26 heavy (non-hydrogen) atoms. The zero-order valence-corrected chi connectivity index (χ0v) is 14.0. The molecule has 0 radical (unpaired) electrons. The van der Waals surface area contributed by atoms with Crippen LogP contribution in [-0.2, 0) is 11.4 Å². The van der Waals surface area contributed by atoms with E-state index in [1.807, 2.05) is 18.2 Å². The molecule has 0 saturated heterocycles. The van der Waals surface area contributed by atoms with Crippen molar-refractivity contribution in [2.45, 2.75) is 6.61 Å². The van der Waals surface area contributed by atoms with Crippen LogP contribution in [0.2, 0.25) is 0 Å². The largest absolute Gasteiger partial charge is 0.489 e. The summed E-state index contributed by atoms with van der Waals surface area (Å²) in [6.45, 7) is 0.158. The van der Waals surface area contributed by atoms with Gasteiger partial charge in [-0.05, 0) is 42.0 Å². The molecular weight excluding hydrogens is 331 g/mol. The number of benzene rings is 3. The van der Waals surface area contributed by atoms with Crippen molar-refractivity contribution < 1.29 is 18.7 Å². The first-order chi connectivity index (χ1) is 12.7. The second-order valence-electron chi connectivity index (χ2n) is 5.52. The van der Waals surface area contributed by atoms with Gasteiger partial charge >= 0.3 is 5.97 Å². The van der Waals surface area contributed by atoms with Gasteiger partial charge in [-0.15, -0.1) is 0 Å². The highest BCUT2D eigenvalue weighted by atomic mass is 19.1. The van der Waals surface area contributed by atoms with Crippen LogP contribution in [0.15, 0.2) is 84.9 Å². The summed E-state index contributed by atoms with van der Waals surface area (Å²) in [5.41, 5.74) is 1.33. The number of carbonyl (C=O) groups excluding carboxylic acids is 1. The summed E-state index contributed by atoms with van der Waals surface area (Å²) in [6.07, 6.45) is 3.02. The normalized spacial score (nSPS) is 10.7. The van der Waals surface area contributed by atoms with Gasteiger partial charge in [0.2, 0.25) is 0 Å². The van der Waals surface area contributed by atoms with Gasteiger partial charge in [0.25, 0.3) is 0 Å². The maximum Gasteiger partial charge on any atom is 0.336 e. The zero-order chi connectivity index (χ0) is 18.2. The van der Waals surface area contributed by atoms with E-state index >= 15 is 0 Å². The van der Waals surface area contributed by atoms with E-state index in [9.17, 15) is 9.18 Å². The van der Waals surface area contributed by atoms with E-state index in [4.69, 9.17) is 9.47 Å². The lowest BCUT2D eigenvalue weighted by Crippen LogP contribution is -2.03. The van der Waals surface area contributed by atoms with Crippen LogP contribution in [0, 0.1) is 5.82 Å². The highest BCUT2D eigenvalue weighted by molar-refractivity contribution is 5.88. The fraction of sp³-hybridized carbons (Fsp3) is 0.0455. The predicted molar refractivity (Wildman–Crippen MR) is 98.3 cm³/mol. The topological polar surface area (TPSA) is 35.5 Å². The van der Waals surface area contributed by atoms with Gasteiger partial charge < -0.3 is 9.47 Å². The van der Waals surface area contributed by atoms with Gasteiger partial charge in [0.15, 0.2) is 0 Å². The van der Waals surface area contributed by atoms with Gasteiger partial charge in [0, 0.05) is 11.6 Å². The number of rotatable bonds is 6. The molecule has 0 unspecified atom stereocenters. The SMILES string of the molecule is O=C(C=Cc1ccc(OCc2ccccc2F)cc1)Oc1ccccc1. The molecule has 3 nitrogen and oxygen atoms in total. The number of carbonyl (C=O) groups is 1. The smallest absolute Gasteiger partial charge is 0.336 e. The Morgan fingerprint density at radius 1 is 0.846 bits per heavy atom. The summed E-state index contributed by atoms with van der Waals surface area (Å²) in [5, 5.41) is 0. The van der Waals surface area contributed by atoms with Crippen molar-refractivity contribution in [3.05, 3.63) is 102 Å². The van der Waals surface area contributed by atoms with Crippen molar-refractivity contribution in [1.29, 1.82) is 0 Å². The number of hydrogen-bond donors (Lipinski definition) is 0. The molecule has 0 heterocycles. The lowest BCUT2D eigenvalue weighted by Gasteiger charge is -2.07. The predicted octanol–water partition coefficient (Wildman–Crippen LogP) is 5.02. The quantitative estimate of drug-likeness (QED) is 0.356. The molecular formula is C22H17FO3. The van der Waals surface area contributed by atoms with Crippen molar-refractivity contribution in [2.75, 3.05) is 0 Å². The average molecular weight is 348 g/mol. The van der Waals surface area contributed by atoms with Crippen LogP contribution in [0.1, 0.15) is 11.1 Å². The maximum atomic E-state index is 13.6. The Kier molecular flexibility index (Phi) is 5.78. The van der Waals surface area contributed by atoms with Crippen LogP contribution in [0.3, 0.4) is 0 Å². The van der Waals surface area contributed by atoms with Crippen molar-refractivity contribution in [3.8, 4) is 11.5 Å². The molecule has 130 valence electrons. The Balaban J connectivity index is 1.54. The van der Waals surface area contributed by atoms with Crippen LogP contribution in [0.5, 0.6) is 11.5 Å². The second kappa shape index (κ2) is 8.62. The van der Waals surface area contributed by atoms with E-state index in [1.54, 1.807) is 60.7 Å². The van der Waals surface area contributed by atoms with Crippen molar-refractivity contribution in [2.24, 2.45) is 0 Å². The number of esters is 1. The second-order valence-corrected chi connectivity index (χ2v) is 5.52. The van der Waals surface area contributed by atoms with Gasteiger partial charge in [-0.3, -0.25) is 0 Å². The highest BCUT2D eigenvalue weighted by Gasteiger charge is 2.02. The van der Waals surface area contributed by atoms with E-state index in [0.29, 0.717) is 17.1 Å². The summed E-state index contributed by atoms with van der Waals surface area (Å²) in [6, 6.07) is 22.5. The maximum absolute atomic E-state index is 13.6. The van der Waals surface area contributed by atoms with Gasteiger partial charge in [-0.25, -0.2) is 9.18 Å². The summed E-state index contributed by atoms with van der Waals surface area (Å²) >= 11 is 0. The third-order valence-electron chi connectivity index (χ3n) is 3.61. The van der Waals surface area contributed by atoms with Crippen molar-refractivity contribution >= 4 is 12.0 Å². The van der Waals surface area contributed by atoms with E-state index in [0.717, 1.165) is 5.56 Å². The minimum atomic E-state index is -0.448. The van der Waals surface area contributed by atoms with E-state index in [-0.39, 0.29) is 12.4 Å². The Labute approximate surface area is 151 Å². The lowest BCUT2D eigenvalue weighted by molar-refractivity contribution is -0.128. The third kappa shape index (κ3) is 5.05. The lowest BCUT2D eigenvalue weighted by atomic mass is 10.2. The number of ether oxygens (including phenoxy) is 2. The molecule has 4 heteroatoms. The van der Waals surface area contributed by atoms with E-state index in [1.165, 1.54) is 12.1 Å². The van der Waals surface area contributed by atoms with E-state index in [2.05, 4.69) is 0 Å². The van der Waals surface area contributed by atoms with Crippen molar-refractivity contribution in [3.63, 3.8) is 0 Å². The van der Waals surface area contributed by atoms with Gasteiger partial charge in [0.1, 0.15) is 23.9 Å². The van der Waals surface area contributed by atoms with Crippen molar-refractivity contribution in [1.82, 2.24) is 0 Å². The van der Waals surface area contributed by atoms with Crippen LogP contribution in [0.4, 0.5) is 4.39 Å². The molecule has 0 amide bonds. The molecule has 0 fully saturated rings. The summed E-state index contributed by atoms with van der Waals surface area (Å²) in [4.78, 5) is 11.8. The van der Waals surface area contributed by atoms with Crippen LogP contribution >= 0.6 is 0 Å². The first kappa shape index (κ1) is 17.4. The van der Waals surface area contributed by atoms with Gasteiger partial charge in [-0.1, -0.05) is 48.5 Å². The number of halogens is 1. The van der Waals surface area contributed by atoms with Gasteiger partial charge in [0.05, 0.1) is 0 Å². The Morgan fingerprint density at radius 2 is 1.54 bits per heavy atom. The molecule has 0 atom stereocenters. The molecule has 0 aliphatic heterocycles. The molecule has 0 spiro atoms.